The van der Waals surface area contributed by atoms with E-state index in [4.69, 9.17) is 0 Å². The molecule has 3 aromatic rings. The molecule has 3 rings (SSSR count). The lowest BCUT2D eigenvalue weighted by atomic mass is 10.2. The molecule has 0 atom stereocenters. The molecule has 0 radical (unpaired) electrons. The van der Waals surface area contributed by atoms with Gasteiger partial charge in [-0.25, -0.2) is 4.39 Å². The lowest BCUT2D eigenvalue weighted by molar-refractivity contribution is -0.131. The molecule has 0 N–H and O–H groups in total. The molecule has 29 heavy (non-hydrogen) atoms. The number of aryl methyl sites for hydroxylation is 1. The number of benzene rings is 2. The van der Waals surface area contributed by atoms with Crippen LogP contribution in [-0.4, -0.2) is 37.6 Å². The van der Waals surface area contributed by atoms with Gasteiger partial charge in [-0.2, -0.15) is 4.80 Å². The van der Waals surface area contributed by atoms with Crippen molar-refractivity contribution in [2.75, 3.05) is 6.54 Å². The van der Waals surface area contributed by atoms with Gasteiger partial charge in [0, 0.05) is 35.1 Å². The molecule has 1 aromatic heterocycles. The van der Waals surface area contributed by atoms with Crippen molar-refractivity contribution < 1.29 is 9.18 Å². The first-order chi connectivity index (χ1) is 14.1. The van der Waals surface area contributed by atoms with Gasteiger partial charge in [-0.05, 0) is 29.8 Å². The molecule has 0 bridgehead atoms. The van der Waals surface area contributed by atoms with E-state index in [1.54, 1.807) is 23.1 Å². The van der Waals surface area contributed by atoms with Gasteiger partial charge in [0.05, 0.1) is 6.54 Å². The van der Waals surface area contributed by atoms with Gasteiger partial charge in [-0.15, -0.1) is 16.8 Å². The Morgan fingerprint density at radius 1 is 1.24 bits per heavy atom. The zero-order valence-electron chi connectivity index (χ0n) is 15.8. The van der Waals surface area contributed by atoms with Crippen LogP contribution in [-0.2, 0) is 17.9 Å². The van der Waals surface area contributed by atoms with E-state index in [1.165, 1.54) is 10.9 Å². The minimum Gasteiger partial charge on any atom is -0.335 e. The van der Waals surface area contributed by atoms with Crippen molar-refractivity contribution >= 4 is 21.8 Å². The molecule has 0 spiro atoms. The second kappa shape index (κ2) is 10.1. The van der Waals surface area contributed by atoms with E-state index < -0.39 is 0 Å². The normalized spacial score (nSPS) is 10.7. The molecule has 0 fully saturated rings. The van der Waals surface area contributed by atoms with Crippen LogP contribution in [0.15, 0.2) is 65.7 Å². The summed E-state index contributed by atoms with van der Waals surface area (Å²) in [4.78, 5) is 15.7. The third kappa shape index (κ3) is 5.80. The Kier molecular flexibility index (Phi) is 7.24. The van der Waals surface area contributed by atoms with E-state index in [0.29, 0.717) is 37.3 Å². The highest BCUT2D eigenvalue weighted by molar-refractivity contribution is 9.10. The van der Waals surface area contributed by atoms with Gasteiger partial charge >= 0.3 is 0 Å². The summed E-state index contributed by atoms with van der Waals surface area (Å²) in [5.74, 6) is 0.137. The maximum absolute atomic E-state index is 14.0. The first kappa shape index (κ1) is 20.9. The molecule has 150 valence electrons. The van der Waals surface area contributed by atoms with Crippen molar-refractivity contribution in [2.45, 2.75) is 25.9 Å². The molecule has 1 heterocycles. The van der Waals surface area contributed by atoms with Gasteiger partial charge in [-0.1, -0.05) is 52.3 Å². The average molecular weight is 458 g/mol. The second-order valence-electron chi connectivity index (χ2n) is 6.48. The largest absolute Gasteiger partial charge is 0.335 e. The van der Waals surface area contributed by atoms with Crippen molar-refractivity contribution in [2.24, 2.45) is 0 Å². The summed E-state index contributed by atoms with van der Waals surface area (Å²) in [6.07, 6.45) is 2.49. The van der Waals surface area contributed by atoms with E-state index in [2.05, 4.69) is 37.9 Å². The lowest BCUT2D eigenvalue weighted by Gasteiger charge is -2.21. The molecule has 2 aromatic carbocycles. The zero-order chi connectivity index (χ0) is 20.6. The predicted molar refractivity (Wildman–Crippen MR) is 112 cm³/mol. The number of rotatable bonds is 9. The Morgan fingerprint density at radius 2 is 2.03 bits per heavy atom. The molecule has 0 unspecified atom stereocenters. The van der Waals surface area contributed by atoms with E-state index in [0.717, 1.165) is 10.0 Å². The smallest absolute Gasteiger partial charge is 0.223 e. The van der Waals surface area contributed by atoms with Gasteiger partial charge < -0.3 is 4.90 Å². The number of nitrogens with zero attached hydrogens (tertiary/aromatic N) is 5. The number of amides is 1. The standard InChI is InChI=1S/C21H21BrFN5O/c1-2-12-27(15-17-14-18(22)10-11-19(17)23)20(29)9-6-13-28-25-21(24-26-28)16-7-4-3-5-8-16/h2-5,7-8,10-11,14H,1,6,9,12-13,15H2. The highest BCUT2D eigenvalue weighted by atomic mass is 79.9. The lowest BCUT2D eigenvalue weighted by Crippen LogP contribution is -2.31. The Morgan fingerprint density at radius 3 is 2.79 bits per heavy atom. The minimum atomic E-state index is -0.338. The van der Waals surface area contributed by atoms with E-state index in [-0.39, 0.29) is 18.3 Å². The van der Waals surface area contributed by atoms with E-state index in [1.807, 2.05) is 30.3 Å². The first-order valence-electron chi connectivity index (χ1n) is 9.22. The highest BCUT2D eigenvalue weighted by Gasteiger charge is 2.15. The second-order valence-corrected chi connectivity index (χ2v) is 7.39. The topological polar surface area (TPSA) is 63.9 Å². The molecule has 6 nitrogen and oxygen atoms in total. The van der Waals surface area contributed by atoms with E-state index >= 15 is 0 Å². The number of tetrazole rings is 1. The molecule has 0 aliphatic heterocycles. The van der Waals surface area contributed by atoms with E-state index in [9.17, 15) is 9.18 Å². The van der Waals surface area contributed by atoms with Crippen LogP contribution in [0.1, 0.15) is 18.4 Å². The fourth-order valence-electron chi connectivity index (χ4n) is 2.85. The van der Waals surface area contributed by atoms with Crippen LogP contribution >= 0.6 is 15.9 Å². The van der Waals surface area contributed by atoms with Crippen molar-refractivity contribution in [1.82, 2.24) is 25.1 Å². The summed E-state index contributed by atoms with van der Waals surface area (Å²) in [5.41, 5.74) is 1.35. The number of hydrogen-bond acceptors (Lipinski definition) is 4. The Hall–Kier alpha value is -2.87. The maximum Gasteiger partial charge on any atom is 0.223 e. The third-order valence-corrected chi connectivity index (χ3v) is 4.80. The first-order valence-corrected chi connectivity index (χ1v) is 10.0. The van der Waals surface area contributed by atoms with Gasteiger partial charge in [0.1, 0.15) is 5.82 Å². The number of hydrogen-bond donors (Lipinski definition) is 0. The molecule has 0 aliphatic carbocycles. The summed E-state index contributed by atoms with van der Waals surface area (Å²) in [5, 5.41) is 12.4. The summed E-state index contributed by atoms with van der Waals surface area (Å²) >= 11 is 3.34. The van der Waals surface area contributed by atoms with Crippen LogP contribution in [0.5, 0.6) is 0 Å². The van der Waals surface area contributed by atoms with Crippen molar-refractivity contribution in [3.63, 3.8) is 0 Å². The van der Waals surface area contributed by atoms with Crippen LogP contribution in [0.25, 0.3) is 11.4 Å². The van der Waals surface area contributed by atoms with Crippen molar-refractivity contribution in [3.05, 3.63) is 77.0 Å². The monoisotopic (exact) mass is 457 g/mol. The quantitative estimate of drug-likeness (QED) is 0.450. The van der Waals surface area contributed by atoms with Crippen LogP contribution in [0.4, 0.5) is 4.39 Å². The summed E-state index contributed by atoms with van der Waals surface area (Å²) in [6.45, 7) is 4.71. The molecule has 0 saturated heterocycles. The van der Waals surface area contributed by atoms with Gasteiger partial charge in [-0.3, -0.25) is 4.79 Å². The van der Waals surface area contributed by atoms with Crippen molar-refractivity contribution in [1.29, 1.82) is 0 Å². The Bertz CT molecular complexity index is 976. The highest BCUT2D eigenvalue weighted by Crippen LogP contribution is 2.18. The molecule has 0 aliphatic rings. The SMILES string of the molecule is C=CCN(Cc1cc(Br)ccc1F)C(=O)CCCn1nnc(-c2ccccc2)n1. The Labute approximate surface area is 177 Å². The number of aromatic nitrogens is 4. The fourth-order valence-corrected chi connectivity index (χ4v) is 3.26. The van der Waals surface area contributed by atoms with Crippen LogP contribution in [0.2, 0.25) is 0 Å². The van der Waals surface area contributed by atoms with Gasteiger partial charge in [0.2, 0.25) is 11.7 Å². The minimum absolute atomic E-state index is 0.0762. The Balaban J connectivity index is 1.56. The number of halogens is 2. The molecular weight excluding hydrogens is 437 g/mol. The van der Waals surface area contributed by atoms with Crippen LogP contribution in [0.3, 0.4) is 0 Å². The van der Waals surface area contributed by atoms with Crippen molar-refractivity contribution in [3.8, 4) is 11.4 Å². The summed E-state index contributed by atoms with van der Waals surface area (Å²) in [7, 11) is 0. The van der Waals surface area contributed by atoms with Gasteiger partial charge in [0.25, 0.3) is 0 Å². The zero-order valence-corrected chi connectivity index (χ0v) is 17.4. The molecule has 0 saturated carbocycles. The summed E-state index contributed by atoms with van der Waals surface area (Å²) < 4.78 is 14.8. The average Bonchev–Trinajstić information content (AvgIpc) is 3.20. The fraction of sp³-hybridized carbons (Fsp3) is 0.238. The van der Waals surface area contributed by atoms with Crippen LogP contribution in [0, 0.1) is 5.82 Å². The third-order valence-electron chi connectivity index (χ3n) is 4.30. The van der Waals surface area contributed by atoms with Gasteiger partial charge in [0.15, 0.2) is 0 Å². The number of carbonyl (C=O) groups excluding carboxylic acids is 1. The predicted octanol–water partition coefficient (Wildman–Crippen LogP) is 4.24. The molecular formula is C21H21BrFN5O. The maximum atomic E-state index is 14.0. The molecule has 1 amide bonds. The number of carbonyl (C=O) groups is 1. The summed E-state index contributed by atoms with van der Waals surface area (Å²) in [6, 6.07) is 14.3. The van der Waals surface area contributed by atoms with Crippen LogP contribution < -0.4 is 0 Å². The molecule has 8 heteroatoms.